The summed E-state index contributed by atoms with van der Waals surface area (Å²) in [7, 11) is 0. The van der Waals surface area contributed by atoms with Crippen LogP contribution in [0.1, 0.15) is 33.2 Å². The second kappa shape index (κ2) is 6.43. The van der Waals surface area contributed by atoms with Crippen LogP contribution in [0.4, 0.5) is 8.78 Å². The monoisotopic (exact) mass is 345 g/mol. The first-order valence-corrected chi connectivity index (χ1v) is 7.52. The number of halogens is 2. The first-order valence-electron chi connectivity index (χ1n) is 7.52. The topological polar surface area (TPSA) is 63.7 Å². The third-order valence-corrected chi connectivity index (χ3v) is 3.87. The molecule has 0 N–H and O–H groups in total. The Morgan fingerprint density at radius 1 is 1.04 bits per heavy atom. The Balaban J connectivity index is 1.69. The van der Waals surface area contributed by atoms with E-state index in [0.29, 0.717) is 10.6 Å². The quantitative estimate of drug-likeness (QED) is 0.800. The summed E-state index contributed by atoms with van der Waals surface area (Å²) >= 11 is 0. The van der Waals surface area contributed by atoms with Crippen LogP contribution in [0.25, 0.3) is 0 Å². The number of rotatable bonds is 4. The highest BCUT2D eigenvalue weighted by Gasteiger charge is 2.39. The van der Waals surface area contributed by atoms with Crippen LogP contribution in [0.2, 0.25) is 0 Å². The average molecular weight is 345 g/mol. The van der Waals surface area contributed by atoms with Gasteiger partial charge in [-0.2, -0.15) is 0 Å². The number of nitrogens with zero attached hydrogens (tertiary/aromatic N) is 1. The Kier molecular flexibility index (Phi) is 4.31. The smallest absolute Gasteiger partial charge is 0.329 e. The van der Waals surface area contributed by atoms with Crippen molar-refractivity contribution in [1.29, 1.82) is 0 Å². The first kappa shape index (κ1) is 16.8. The van der Waals surface area contributed by atoms with Gasteiger partial charge in [0, 0.05) is 0 Å². The van der Waals surface area contributed by atoms with Gasteiger partial charge in [0.2, 0.25) is 0 Å². The lowest BCUT2D eigenvalue weighted by Crippen LogP contribution is -2.35. The molecule has 2 amide bonds. The molecule has 1 atom stereocenters. The van der Waals surface area contributed by atoms with Gasteiger partial charge >= 0.3 is 5.97 Å². The number of carbonyl (C=O) groups excluding carboxylic acids is 3. The van der Waals surface area contributed by atoms with Gasteiger partial charge in [0.25, 0.3) is 11.8 Å². The van der Waals surface area contributed by atoms with Crippen molar-refractivity contribution < 1.29 is 28.0 Å². The molecule has 2 aromatic rings. The maximum absolute atomic E-state index is 13.2. The Morgan fingerprint density at radius 3 is 2.20 bits per heavy atom. The number of hydroxylamine groups is 2. The van der Waals surface area contributed by atoms with E-state index in [2.05, 4.69) is 0 Å². The van der Waals surface area contributed by atoms with Gasteiger partial charge in [-0.05, 0) is 36.2 Å². The maximum atomic E-state index is 13.2. The highest BCUT2D eigenvalue weighted by atomic mass is 19.2. The number of hydrogen-bond acceptors (Lipinski definition) is 4. The van der Waals surface area contributed by atoms with Crippen molar-refractivity contribution in [3.63, 3.8) is 0 Å². The Labute approximate surface area is 141 Å². The summed E-state index contributed by atoms with van der Waals surface area (Å²) in [6.45, 7) is 1.50. The lowest BCUT2D eigenvalue weighted by molar-refractivity contribution is -0.173. The van der Waals surface area contributed by atoms with Crippen molar-refractivity contribution >= 4 is 17.8 Å². The van der Waals surface area contributed by atoms with Crippen molar-refractivity contribution in [2.75, 3.05) is 0 Å². The fourth-order valence-electron chi connectivity index (χ4n) is 2.53. The normalized spacial score (nSPS) is 14.4. The Hall–Kier alpha value is -3.09. The van der Waals surface area contributed by atoms with Crippen molar-refractivity contribution in [3.05, 3.63) is 70.8 Å². The molecule has 1 aliphatic heterocycles. The number of carbonyl (C=O) groups is 3. The lowest BCUT2D eigenvalue weighted by atomic mass is 10.0. The van der Waals surface area contributed by atoms with Gasteiger partial charge in [0.15, 0.2) is 11.6 Å². The Morgan fingerprint density at radius 2 is 1.64 bits per heavy atom. The van der Waals surface area contributed by atoms with Crippen molar-refractivity contribution in [2.45, 2.75) is 13.3 Å². The summed E-state index contributed by atoms with van der Waals surface area (Å²) in [6.07, 6.45) is 0.0687. The standard InChI is InChI=1S/C18H13F2NO4/c1-10(8-11-6-7-14(19)15(20)9-11)18(24)25-21-16(22)12-4-2-3-5-13(12)17(21)23/h2-7,9-10H,8H2,1H3. The van der Waals surface area contributed by atoms with Crippen LogP contribution in [0.15, 0.2) is 42.5 Å². The van der Waals surface area contributed by atoms with E-state index in [9.17, 15) is 23.2 Å². The van der Waals surface area contributed by atoms with Crippen LogP contribution < -0.4 is 0 Å². The number of imide groups is 1. The minimum Gasteiger partial charge on any atom is -0.329 e. The van der Waals surface area contributed by atoms with E-state index in [4.69, 9.17) is 4.84 Å². The van der Waals surface area contributed by atoms with Gasteiger partial charge < -0.3 is 4.84 Å². The maximum Gasteiger partial charge on any atom is 0.336 e. The van der Waals surface area contributed by atoms with E-state index in [1.165, 1.54) is 25.1 Å². The van der Waals surface area contributed by atoms with Crippen molar-refractivity contribution in [2.24, 2.45) is 5.92 Å². The van der Waals surface area contributed by atoms with E-state index in [1.54, 1.807) is 12.1 Å². The minimum atomic E-state index is -1.02. The van der Waals surface area contributed by atoms with Gasteiger partial charge in [-0.3, -0.25) is 9.59 Å². The van der Waals surface area contributed by atoms with Gasteiger partial charge in [0.05, 0.1) is 17.0 Å². The van der Waals surface area contributed by atoms with Crippen molar-refractivity contribution in [3.8, 4) is 0 Å². The number of hydrogen-bond donors (Lipinski definition) is 0. The van der Waals surface area contributed by atoms with E-state index in [0.717, 1.165) is 12.1 Å². The molecule has 1 heterocycles. The van der Waals surface area contributed by atoms with Crippen molar-refractivity contribution in [1.82, 2.24) is 5.06 Å². The molecule has 0 spiro atoms. The van der Waals surface area contributed by atoms with Crippen LogP contribution in [-0.4, -0.2) is 22.8 Å². The summed E-state index contributed by atoms with van der Waals surface area (Å²) in [5.41, 5.74) is 0.716. The number of amides is 2. The Bertz CT molecular complexity index is 846. The summed E-state index contributed by atoms with van der Waals surface area (Å²) in [4.78, 5) is 41.4. The molecule has 0 saturated heterocycles. The highest BCUT2D eigenvalue weighted by Crippen LogP contribution is 2.23. The zero-order chi connectivity index (χ0) is 18.1. The van der Waals surface area contributed by atoms with E-state index < -0.39 is 35.3 Å². The second-order valence-electron chi connectivity index (χ2n) is 5.71. The highest BCUT2D eigenvalue weighted by molar-refractivity contribution is 6.20. The van der Waals surface area contributed by atoms with E-state index >= 15 is 0 Å². The van der Waals surface area contributed by atoms with Gasteiger partial charge in [-0.15, -0.1) is 0 Å². The predicted octanol–water partition coefficient (Wildman–Crippen LogP) is 2.90. The summed E-state index contributed by atoms with van der Waals surface area (Å²) < 4.78 is 26.2. The molecule has 5 nitrogen and oxygen atoms in total. The molecule has 0 aromatic heterocycles. The molecule has 3 rings (SSSR count). The van der Waals surface area contributed by atoms with Crippen LogP contribution in [0.5, 0.6) is 0 Å². The molecule has 2 aromatic carbocycles. The van der Waals surface area contributed by atoms with Gasteiger partial charge in [0.1, 0.15) is 0 Å². The molecule has 1 aliphatic rings. The zero-order valence-corrected chi connectivity index (χ0v) is 13.2. The predicted molar refractivity (Wildman–Crippen MR) is 82.3 cm³/mol. The number of benzene rings is 2. The SMILES string of the molecule is CC(Cc1ccc(F)c(F)c1)C(=O)ON1C(=O)c2ccccc2C1=O. The molecule has 1 unspecified atom stereocenters. The average Bonchev–Trinajstić information content (AvgIpc) is 2.83. The third-order valence-electron chi connectivity index (χ3n) is 3.87. The van der Waals surface area contributed by atoms with E-state index in [1.807, 2.05) is 0 Å². The molecule has 0 saturated carbocycles. The molecule has 0 radical (unpaired) electrons. The zero-order valence-electron chi connectivity index (χ0n) is 13.2. The summed E-state index contributed by atoms with van der Waals surface area (Å²) in [6, 6.07) is 9.43. The van der Waals surface area contributed by atoms with Crippen LogP contribution >= 0.6 is 0 Å². The molecule has 25 heavy (non-hydrogen) atoms. The third kappa shape index (κ3) is 3.13. The van der Waals surface area contributed by atoms with Gasteiger partial charge in [-0.1, -0.05) is 30.2 Å². The lowest BCUT2D eigenvalue weighted by Gasteiger charge is -2.16. The molecule has 0 aliphatic carbocycles. The van der Waals surface area contributed by atoms with Crippen LogP contribution in [0.3, 0.4) is 0 Å². The fourth-order valence-corrected chi connectivity index (χ4v) is 2.53. The molecular formula is C18H13F2NO4. The molecular weight excluding hydrogens is 332 g/mol. The van der Waals surface area contributed by atoms with Crippen LogP contribution in [0, 0.1) is 17.6 Å². The minimum absolute atomic E-state index is 0.0687. The van der Waals surface area contributed by atoms with Crippen LogP contribution in [-0.2, 0) is 16.1 Å². The molecule has 0 fully saturated rings. The molecule has 0 bridgehead atoms. The van der Waals surface area contributed by atoms with Gasteiger partial charge in [-0.25, -0.2) is 13.6 Å². The first-order chi connectivity index (χ1) is 11.9. The summed E-state index contributed by atoms with van der Waals surface area (Å²) in [5.74, 6) is -5.01. The molecule has 128 valence electrons. The summed E-state index contributed by atoms with van der Waals surface area (Å²) in [5, 5.41) is 0.425. The fraction of sp³-hybridized carbons (Fsp3) is 0.167. The largest absolute Gasteiger partial charge is 0.336 e. The number of fused-ring (bicyclic) bond motifs is 1. The second-order valence-corrected chi connectivity index (χ2v) is 5.71. The molecule has 7 heteroatoms. The van der Waals surface area contributed by atoms with E-state index in [-0.39, 0.29) is 17.5 Å².